The molecule has 3 aromatic rings. The number of methoxy groups -OCH3 is 1. The van der Waals surface area contributed by atoms with Crippen molar-refractivity contribution in [1.29, 1.82) is 0 Å². The maximum absolute atomic E-state index is 14.2. The molecule has 14 heteroatoms. The van der Waals surface area contributed by atoms with Crippen molar-refractivity contribution < 1.29 is 27.7 Å². The summed E-state index contributed by atoms with van der Waals surface area (Å²) in [4.78, 5) is 39.0. The van der Waals surface area contributed by atoms with Crippen LogP contribution in [0.3, 0.4) is 0 Å². The van der Waals surface area contributed by atoms with E-state index in [0.717, 1.165) is 23.2 Å². The van der Waals surface area contributed by atoms with Crippen molar-refractivity contribution in [2.24, 2.45) is 0 Å². The van der Waals surface area contributed by atoms with E-state index in [1.807, 2.05) is 6.92 Å². The highest BCUT2D eigenvalue weighted by Crippen LogP contribution is 2.36. The van der Waals surface area contributed by atoms with Gasteiger partial charge < -0.3 is 15.0 Å². The van der Waals surface area contributed by atoms with E-state index < -0.39 is 49.9 Å². The Morgan fingerprint density at radius 1 is 1.07 bits per heavy atom. The summed E-state index contributed by atoms with van der Waals surface area (Å²) in [6, 6.07) is 13.5. The standard InChI is InChI=1S/C30H34Cl2N4O7S/c1-5-6-14-33-30(38)21(3)34(18-22-8-7-9-23(31)15-22)29(37)19-35(27-16-24(32)11-13-28(27)43-4)44(41,42)25-12-10-20(2)26(17-25)36(39)40/h7-13,15-17,21H,5-6,14,18-19H2,1-4H3,(H,33,38)/t21-/m0/s1. The minimum absolute atomic E-state index is 0.0572. The number of amides is 2. The van der Waals surface area contributed by atoms with Gasteiger partial charge in [-0.2, -0.15) is 0 Å². The van der Waals surface area contributed by atoms with Crippen LogP contribution >= 0.6 is 23.2 Å². The minimum atomic E-state index is -4.63. The molecule has 0 saturated carbocycles. The molecular weight excluding hydrogens is 631 g/mol. The molecule has 3 rings (SSSR count). The lowest BCUT2D eigenvalue weighted by Crippen LogP contribution is -2.51. The van der Waals surface area contributed by atoms with Crippen molar-refractivity contribution in [2.75, 3.05) is 24.5 Å². The van der Waals surface area contributed by atoms with Gasteiger partial charge in [0, 0.05) is 34.8 Å². The summed E-state index contributed by atoms with van der Waals surface area (Å²) >= 11 is 12.4. The molecule has 0 bridgehead atoms. The minimum Gasteiger partial charge on any atom is -0.495 e. The van der Waals surface area contributed by atoms with Crippen molar-refractivity contribution >= 4 is 56.4 Å². The van der Waals surface area contributed by atoms with Crippen molar-refractivity contribution in [1.82, 2.24) is 10.2 Å². The molecule has 0 spiro atoms. The number of hydrogen-bond donors (Lipinski definition) is 1. The third-order valence-corrected chi connectivity index (χ3v) is 9.12. The van der Waals surface area contributed by atoms with E-state index in [2.05, 4.69) is 5.32 Å². The highest BCUT2D eigenvalue weighted by atomic mass is 35.5. The van der Waals surface area contributed by atoms with Gasteiger partial charge in [0.15, 0.2) is 0 Å². The number of carbonyl (C=O) groups is 2. The summed E-state index contributed by atoms with van der Waals surface area (Å²) in [5.74, 6) is -1.06. The number of nitrogens with zero attached hydrogens (tertiary/aromatic N) is 3. The topological polar surface area (TPSA) is 139 Å². The Hall–Kier alpha value is -3.87. The maximum Gasteiger partial charge on any atom is 0.273 e. The number of halogens is 2. The summed E-state index contributed by atoms with van der Waals surface area (Å²) in [7, 11) is -3.30. The van der Waals surface area contributed by atoms with Crippen LogP contribution in [0.25, 0.3) is 0 Å². The number of unbranched alkanes of at least 4 members (excludes halogenated alkanes) is 1. The summed E-state index contributed by atoms with van der Waals surface area (Å²) in [5, 5.41) is 15.0. The number of aryl methyl sites for hydroxylation is 1. The molecule has 0 fully saturated rings. The summed E-state index contributed by atoms with van der Waals surface area (Å²) in [6.45, 7) is 4.58. The molecule has 236 valence electrons. The Morgan fingerprint density at radius 2 is 1.77 bits per heavy atom. The second-order valence-electron chi connectivity index (χ2n) is 10.0. The molecule has 0 aliphatic heterocycles. The quantitative estimate of drug-likeness (QED) is 0.132. The highest BCUT2D eigenvalue weighted by Gasteiger charge is 2.35. The van der Waals surface area contributed by atoms with Gasteiger partial charge in [-0.15, -0.1) is 0 Å². The van der Waals surface area contributed by atoms with E-state index in [-0.39, 0.29) is 28.6 Å². The second-order valence-corrected chi connectivity index (χ2v) is 12.7. The highest BCUT2D eigenvalue weighted by molar-refractivity contribution is 7.92. The monoisotopic (exact) mass is 664 g/mol. The van der Waals surface area contributed by atoms with E-state index in [9.17, 15) is 28.1 Å². The van der Waals surface area contributed by atoms with Gasteiger partial charge in [-0.25, -0.2) is 8.42 Å². The first-order valence-corrected chi connectivity index (χ1v) is 15.9. The first-order valence-electron chi connectivity index (χ1n) is 13.7. The molecule has 3 aromatic carbocycles. The fourth-order valence-electron chi connectivity index (χ4n) is 4.40. The Kier molecular flexibility index (Phi) is 12.0. The van der Waals surface area contributed by atoms with Crippen LogP contribution in [0.4, 0.5) is 11.4 Å². The molecule has 1 atom stereocenters. The van der Waals surface area contributed by atoms with Crippen LogP contribution in [0, 0.1) is 17.0 Å². The van der Waals surface area contributed by atoms with E-state index >= 15 is 0 Å². The molecule has 11 nitrogen and oxygen atoms in total. The van der Waals surface area contributed by atoms with E-state index in [4.69, 9.17) is 27.9 Å². The second kappa shape index (κ2) is 15.2. The van der Waals surface area contributed by atoms with Gasteiger partial charge in [0.05, 0.1) is 22.6 Å². The number of anilines is 1. The molecule has 0 aromatic heterocycles. The SMILES string of the molecule is CCCCNC(=O)[C@H](C)N(Cc1cccc(Cl)c1)C(=O)CN(c1cc(Cl)ccc1OC)S(=O)(=O)c1ccc(C)c([N+](=O)[O-])c1. The lowest BCUT2D eigenvalue weighted by molar-refractivity contribution is -0.385. The van der Waals surface area contributed by atoms with Crippen molar-refractivity contribution in [3.8, 4) is 5.75 Å². The molecule has 0 radical (unpaired) electrons. The average molecular weight is 666 g/mol. The fourth-order valence-corrected chi connectivity index (χ4v) is 6.21. The maximum atomic E-state index is 14.2. The zero-order chi connectivity index (χ0) is 32.6. The Morgan fingerprint density at radius 3 is 2.41 bits per heavy atom. The third kappa shape index (κ3) is 8.40. The first-order chi connectivity index (χ1) is 20.8. The Balaban J connectivity index is 2.14. The summed E-state index contributed by atoms with van der Waals surface area (Å²) in [6.07, 6.45) is 1.59. The Bertz CT molecular complexity index is 1640. The number of carbonyl (C=O) groups excluding carboxylic acids is 2. The van der Waals surface area contributed by atoms with E-state index in [1.54, 1.807) is 31.2 Å². The predicted octanol–water partition coefficient (Wildman–Crippen LogP) is 5.75. The van der Waals surface area contributed by atoms with Gasteiger partial charge in [0.2, 0.25) is 11.8 Å². The van der Waals surface area contributed by atoms with Gasteiger partial charge in [-0.3, -0.25) is 24.0 Å². The molecule has 2 amide bonds. The van der Waals surface area contributed by atoms with Gasteiger partial charge in [-0.05, 0) is 62.2 Å². The summed E-state index contributed by atoms with van der Waals surface area (Å²) in [5.41, 5.74) is 0.394. The number of ether oxygens (including phenoxy) is 1. The fraction of sp³-hybridized carbons (Fsp3) is 0.333. The number of sulfonamides is 1. The molecule has 0 unspecified atom stereocenters. The largest absolute Gasteiger partial charge is 0.495 e. The molecule has 0 heterocycles. The molecule has 44 heavy (non-hydrogen) atoms. The smallest absolute Gasteiger partial charge is 0.273 e. The van der Waals surface area contributed by atoms with Gasteiger partial charge in [-0.1, -0.05) is 54.7 Å². The number of rotatable bonds is 14. The average Bonchev–Trinajstić information content (AvgIpc) is 2.98. The molecule has 0 saturated heterocycles. The molecule has 1 N–H and O–H groups in total. The van der Waals surface area contributed by atoms with Gasteiger partial charge in [0.25, 0.3) is 15.7 Å². The van der Waals surface area contributed by atoms with Crippen LogP contribution in [-0.2, 0) is 26.2 Å². The zero-order valence-electron chi connectivity index (χ0n) is 24.7. The first kappa shape index (κ1) is 34.6. The number of benzene rings is 3. The van der Waals surface area contributed by atoms with Crippen LogP contribution in [0.15, 0.2) is 65.6 Å². The van der Waals surface area contributed by atoms with Crippen LogP contribution in [-0.4, -0.2) is 56.3 Å². The lowest BCUT2D eigenvalue weighted by atomic mass is 10.1. The van der Waals surface area contributed by atoms with Crippen LogP contribution in [0.2, 0.25) is 10.0 Å². The Labute approximate surface area is 266 Å². The normalized spacial score (nSPS) is 11.9. The van der Waals surface area contributed by atoms with Crippen molar-refractivity contribution in [2.45, 2.75) is 51.1 Å². The molecule has 0 aliphatic carbocycles. The van der Waals surface area contributed by atoms with Crippen LogP contribution in [0.1, 0.15) is 37.8 Å². The van der Waals surface area contributed by atoms with E-state index in [1.165, 1.54) is 49.3 Å². The number of nitro benzene ring substituents is 1. The third-order valence-electron chi connectivity index (χ3n) is 6.89. The number of nitrogens with one attached hydrogen (secondary N) is 1. The van der Waals surface area contributed by atoms with Crippen molar-refractivity contribution in [3.05, 3.63) is 92.0 Å². The van der Waals surface area contributed by atoms with Crippen LogP contribution in [0.5, 0.6) is 5.75 Å². The predicted molar refractivity (Wildman–Crippen MR) is 170 cm³/mol. The molecule has 0 aliphatic rings. The molecular formula is C30H34Cl2N4O7S. The van der Waals surface area contributed by atoms with Crippen LogP contribution < -0.4 is 14.4 Å². The van der Waals surface area contributed by atoms with Gasteiger partial charge >= 0.3 is 0 Å². The van der Waals surface area contributed by atoms with Crippen molar-refractivity contribution in [3.63, 3.8) is 0 Å². The summed E-state index contributed by atoms with van der Waals surface area (Å²) < 4.78 is 34.5. The van der Waals surface area contributed by atoms with E-state index in [0.29, 0.717) is 17.1 Å². The number of hydrogen-bond acceptors (Lipinski definition) is 7. The lowest BCUT2D eigenvalue weighted by Gasteiger charge is -2.32. The van der Waals surface area contributed by atoms with Gasteiger partial charge in [0.1, 0.15) is 18.3 Å². The number of nitro groups is 1. The zero-order valence-corrected chi connectivity index (χ0v) is 27.1.